The number of rotatable bonds is 4. The summed E-state index contributed by atoms with van der Waals surface area (Å²) >= 11 is 0. The van der Waals surface area contributed by atoms with Crippen LogP contribution in [0, 0.1) is 0 Å². The average Bonchev–Trinajstić information content (AvgIpc) is 3.25. The van der Waals surface area contributed by atoms with Crippen molar-refractivity contribution in [2.75, 3.05) is 7.05 Å². The number of hydrogen-bond acceptors (Lipinski definition) is 2. The molecule has 3 heteroatoms. The van der Waals surface area contributed by atoms with Crippen LogP contribution in [0.1, 0.15) is 37.0 Å². The molecule has 0 atom stereocenters. The fourth-order valence-corrected chi connectivity index (χ4v) is 3.05. The lowest BCUT2D eigenvalue weighted by Gasteiger charge is -2.25. The van der Waals surface area contributed by atoms with Gasteiger partial charge >= 0.3 is 0 Å². The SMILES string of the molecule is CN(C(=O)/C(=C/c1ccco1)c1ccccc1)C1CCCC1. The number of likely N-dealkylation sites (N-methyl/N-ethyl adjacent to an activating group) is 1. The van der Waals surface area contributed by atoms with E-state index in [4.69, 9.17) is 4.42 Å². The molecule has 1 heterocycles. The highest BCUT2D eigenvalue weighted by molar-refractivity contribution is 6.23. The summed E-state index contributed by atoms with van der Waals surface area (Å²) in [6.07, 6.45) is 8.09. The number of hydrogen-bond donors (Lipinski definition) is 0. The van der Waals surface area contributed by atoms with Gasteiger partial charge in [0.2, 0.25) is 0 Å². The predicted octanol–water partition coefficient (Wildman–Crippen LogP) is 4.22. The Morgan fingerprint density at radius 1 is 1.14 bits per heavy atom. The lowest BCUT2D eigenvalue weighted by Crippen LogP contribution is -2.35. The van der Waals surface area contributed by atoms with Gasteiger partial charge in [0.25, 0.3) is 5.91 Å². The Kier molecular flexibility index (Phi) is 4.42. The topological polar surface area (TPSA) is 33.5 Å². The van der Waals surface area contributed by atoms with E-state index in [0.717, 1.165) is 18.4 Å². The normalized spacial score (nSPS) is 16.0. The molecule has 2 aromatic rings. The van der Waals surface area contributed by atoms with Gasteiger partial charge in [-0.05, 0) is 36.6 Å². The van der Waals surface area contributed by atoms with Crippen LogP contribution < -0.4 is 0 Å². The van der Waals surface area contributed by atoms with Crippen LogP contribution in [0.15, 0.2) is 53.1 Å². The smallest absolute Gasteiger partial charge is 0.254 e. The lowest BCUT2D eigenvalue weighted by atomic mass is 10.0. The van der Waals surface area contributed by atoms with Gasteiger partial charge in [-0.1, -0.05) is 43.2 Å². The van der Waals surface area contributed by atoms with Crippen molar-refractivity contribution in [2.45, 2.75) is 31.7 Å². The average molecular weight is 295 g/mol. The van der Waals surface area contributed by atoms with E-state index in [0.29, 0.717) is 17.4 Å². The molecule has 0 aliphatic heterocycles. The first-order valence-corrected chi connectivity index (χ1v) is 7.83. The van der Waals surface area contributed by atoms with Gasteiger partial charge in [0, 0.05) is 13.1 Å². The van der Waals surface area contributed by atoms with E-state index in [1.165, 1.54) is 12.8 Å². The van der Waals surface area contributed by atoms with Gasteiger partial charge in [0.15, 0.2) is 0 Å². The summed E-state index contributed by atoms with van der Waals surface area (Å²) in [5.74, 6) is 0.765. The zero-order valence-electron chi connectivity index (χ0n) is 12.9. The summed E-state index contributed by atoms with van der Waals surface area (Å²) in [6.45, 7) is 0. The molecule has 0 spiro atoms. The Bertz CT molecular complexity index is 637. The van der Waals surface area contributed by atoms with E-state index < -0.39 is 0 Å². The van der Waals surface area contributed by atoms with Crippen molar-refractivity contribution in [3.05, 3.63) is 60.1 Å². The molecule has 3 rings (SSSR count). The van der Waals surface area contributed by atoms with Gasteiger partial charge in [-0.25, -0.2) is 0 Å². The maximum Gasteiger partial charge on any atom is 0.254 e. The summed E-state index contributed by atoms with van der Waals surface area (Å²) in [5, 5.41) is 0. The third kappa shape index (κ3) is 3.14. The maximum atomic E-state index is 13.0. The van der Waals surface area contributed by atoms with Crippen LogP contribution in [0.5, 0.6) is 0 Å². The Morgan fingerprint density at radius 2 is 1.86 bits per heavy atom. The van der Waals surface area contributed by atoms with Crippen molar-refractivity contribution in [3.63, 3.8) is 0 Å². The number of amides is 1. The molecular formula is C19H21NO2. The molecule has 0 bridgehead atoms. The van der Waals surface area contributed by atoms with E-state index >= 15 is 0 Å². The minimum absolute atomic E-state index is 0.0644. The van der Waals surface area contributed by atoms with E-state index in [1.807, 2.05) is 60.5 Å². The standard InChI is InChI=1S/C19H21NO2/c1-20(16-10-5-6-11-16)19(21)18(14-17-12-7-13-22-17)15-8-3-2-4-9-15/h2-4,7-9,12-14,16H,5-6,10-11H2,1H3/b18-14+. The predicted molar refractivity (Wildman–Crippen MR) is 88.0 cm³/mol. The zero-order chi connectivity index (χ0) is 15.4. The van der Waals surface area contributed by atoms with E-state index in [2.05, 4.69) is 0 Å². The summed E-state index contributed by atoms with van der Waals surface area (Å²) in [6, 6.07) is 13.9. The highest BCUT2D eigenvalue weighted by Crippen LogP contribution is 2.27. The molecule has 1 aromatic carbocycles. The van der Waals surface area contributed by atoms with Crippen molar-refractivity contribution in [1.29, 1.82) is 0 Å². The van der Waals surface area contributed by atoms with Crippen LogP contribution in [-0.4, -0.2) is 23.9 Å². The van der Waals surface area contributed by atoms with Crippen LogP contribution in [0.3, 0.4) is 0 Å². The minimum atomic E-state index is 0.0644. The lowest BCUT2D eigenvalue weighted by molar-refractivity contribution is -0.125. The molecule has 1 amide bonds. The Morgan fingerprint density at radius 3 is 2.50 bits per heavy atom. The molecule has 1 aliphatic carbocycles. The quantitative estimate of drug-likeness (QED) is 0.791. The van der Waals surface area contributed by atoms with Crippen molar-refractivity contribution < 1.29 is 9.21 Å². The number of furan rings is 1. The van der Waals surface area contributed by atoms with Crippen molar-refractivity contribution in [1.82, 2.24) is 4.90 Å². The summed E-state index contributed by atoms with van der Waals surface area (Å²) in [4.78, 5) is 14.9. The Balaban J connectivity index is 1.93. The van der Waals surface area contributed by atoms with Gasteiger partial charge in [0.05, 0.1) is 11.8 Å². The molecule has 1 aliphatic rings. The zero-order valence-corrected chi connectivity index (χ0v) is 12.9. The first-order valence-electron chi connectivity index (χ1n) is 7.83. The second kappa shape index (κ2) is 6.65. The summed E-state index contributed by atoms with van der Waals surface area (Å²) in [7, 11) is 1.91. The van der Waals surface area contributed by atoms with Gasteiger partial charge in [-0.15, -0.1) is 0 Å². The van der Waals surface area contributed by atoms with Crippen LogP contribution in [0.25, 0.3) is 11.6 Å². The highest BCUT2D eigenvalue weighted by Gasteiger charge is 2.26. The second-order valence-corrected chi connectivity index (χ2v) is 5.79. The van der Waals surface area contributed by atoms with E-state index in [1.54, 1.807) is 6.26 Å². The molecular weight excluding hydrogens is 274 g/mol. The third-order valence-corrected chi connectivity index (χ3v) is 4.34. The number of carbonyl (C=O) groups is 1. The fraction of sp³-hybridized carbons (Fsp3) is 0.316. The molecule has 114 valence electrons. The molecule has 0 N–H and O–H groups in total. The summed E-state index contributed by atoms with van der Waals surface area (Å²) < 4.78 is 5.39. The van der Waals surface area contributed by atoms with Gasteiger partial charge in [-0.2, -0.15) is 0 Å². The molecule has 0 saturated heterocycles. The second-order valence-electron chi connectivity index (χ2n) is 5.79. The minimum Gasteiger partial charge on any atom is -0.465 e. The van der Waals surface area contributed by atoms with Crippen molar-refractivity contribution in [3.8, 4) is 0 Å². The molecule has 1 fully saturated rings. The Labute approximate surface area is 131 Å². The monoisotopic (exact) mass is 295 g/mol. The van der Waals surface area contributed by atoms with Crippen LogP contribution in [-0.2, 0) is 4.79 Å². The molecule has 1 saturated carbocycles. The molecule has 3 nitrogen and oxygen atoms in total. The van der Waals surface area contributed by atoms with Crippen molar-refractivity contribution in [2.24, 2.45) is 0 Å². The van der Waals surface area contributed by atoms with E-state index in [-0.39, 0.29) is 5.91 Å². The third-order valence-electron chi connectivity index (χ3n) is 4.34. The van der Waals surface area contributed by atoms with Crippen molar-refractivity contribution >= 4 is 17.6 Å². The van der Waals surface area contributed by atoms with Gasteiger partial charge < -0.3 is 9.32 Å². The van der Waals surface area contributed by atoms with Gasteiger partial charge in [0.1, 0.15) is 5.76 Å². The van der Waals surface area contributed by atoms with Gasteiger partial charge in [-0.3, -0.25) is 4.79 Å². The molecule has 0 unspecified atom stereocenters. The maximum absolute atomic E-state index is 13.0. The first-order chi connectivity index (χ1) is 10.8. The highest BCUT2D eigenvalue weighted by atomic mass is 16.3. The Hall–Kier alpha value is -2.29. The number of carbonyl (C=O) groups excluding carboxylic acids is 1. The van der Waals surface area contributed by atoms with Crippen LogP contribution in [0.4, 0.5) is 0 Å². The largest absolute Gasteiger partial charge is 0.465 e. The fourth-order valence-electron chi connectivity index (χ4n) is 3.05. The molecule has 0 radical (unpaired) electrons. The number of benzene rings is 1. The van der Waals surface area contributed by atoms with Crippen LogP contribution >= 0.6 is 0 Å². The number of nitrogens with zero attached hydrogens (tertiary/aromatic N) is 1. The first kappa shape index (κ1) is 14.6. The van der Waals surface area contributed by atoms with Crippen LogP contribution in [0.2, 0.25) is 0 Å². The summed E-state index contributed by atoms with van der Waals surface area (Å²) in [5.41, 5.74) is 1.61. The molecule has 22 heavy (non-hydrogen) atoms. The van der Waals surface area contributed by atoms with E-state index in [9.17, 15) is 4.79 Å². The molecule has 1 aromatic heterocycles.